The van der Waals surface area contributed by atoms with Crippen LogP contribution in [0, 0.1) is 19.1 Å². The maximum absolute atomic E-state index is 6.56. The van der Waals surface area contributed by atoms with Crippen LogP contribution in [0.1, 0.15) is 5.56 Å². The Bertz CT molecular complexity index is 3270. The minimum Gasteiger partial charge on any atom is 0 e. The van der Waals surface area contributed by atoms with Gasteiger partial charge in [0.2, 0.25) is 5.71 Å². The summed E-state index contributed by atoms with van der Waals surface area (Å²) >= 11 is -1.72. The minimum atomic E-state index is -1.72. The van der Waals surface area contributed by atoms with Crippen LogP contribution in [0.2, 0.25) is 17.3 Å². The molecule has 6 aromatic carbocycles. The molecule has 0 aliphatic carbocycles. The van der Waals surface area contributed by atoms with E-state index in [0.29, 0.717) is 5.71 Å². The minimum absolute atomic E-state index is 0. The summed E-state index contributed by atoms with van der Waals surface area (Å²) in [6.07, 6.45) is 2.04. The number of pyridine rings is 2. The van der Waals surface area contributed by atoms with Crippen LogP contribution in [0.5, 0.6) is 0 Å². The van der Waals surface area contributed by atoms with Crippen molar-refractivity contribution in [3.05, 3.63) is 176 Å². The number of para-hydroxylation sites is 3. The van der Waals surface area contributed by atoms with E-state index < -0.39 is 13.3 Å². The average molecular weight is 1000 g/mol. The molecule has 11 aromatic rings. The van der Waals surface area contributed by atoms with E-state index >= 15 is 0 Å². The first-order chi connectivity index (χ1) is 28.3. The van der Waals surface area contributed by atoms with E-state index in [1.807, 2.05) is 91.1 Å². The van der Waals surface area contributed by atoms with E-state index in [9.17, 15) is 0 Å². The van der Waals surface area contributed by atoms with Crippen LogP contribution in [0.3, 0.4) is 0 Å². The molecule has 0 aliphatic rings. The Hall–Kier alpha value is -6.12. The zero-order chi connectivity index (χ0) is 39.4. The van der Waals surface area contributed by atoms with Gasteiger partial charge in [-0.3, -0.25) is 4.98 Å². The van der Waals surface area contributed by atoms with Crippen molar-refractivity contribution < 1.29 is 28.9 Å². The number of rotatable bonds is 5. The third-order valence-corrected chi connectivity index (χ3v) is 15.0. The van der Waals surface area contributed by atoms with Crippen molar-refractivity contribution in [2.75, 3.05) is 0 Å². The maximum atomic E-state index is 6.56. The Morgan fingerprint density at radius 3 is 2.19 bits per heavy atom. The van der Waals surface area contributed by atoms with Gasteiger partial charge in [0, 0.05) is 53.6 Å². The average Bonchev–Trinajstić information content (AvgIpc) is 3.96. The smallest absolute Gasteiger partial charge is 0 e. The van der Waals surface area contributed by atoms with Crippen LogP contribution in [-0.2, 0) is 20.1 Å². The molecule has 11 rings (SSSR count). The predicted molar refractivity (Wildman–Crippen MR) is 239 cm³/mol. The van der Waals surface area contributed by atoms with Gasteiger partial charge < -0.3 is 13.4 Å². The second-order valence-corrected chi connectivity index (χ2v) is 26.2. The van der Waals surface area contributed by atoms with E-state index in [1.54, 1.807) is 0 Å². The van der Waals surface area contributed by atoms with Gasteiger partial charge in [-0.05, 0) is 42.5 Å². The number of hydrogen-bond donors (Lipinski definition) is 0. The molecule has 59 heavy (non-hydrogen) atoms. The fourth-order valence-corrected chi connectivity index (χ4v) is 9.83. The summed E-state index contributed by atoms with van der Waals surface area (Å²) in [4.78, 5) is 14.6. The molecule has 0 atom stereocenters. The Labute approximate surface area is 358 Å². The number of fused-ring (bicyclic) bond motifs is 7. The summed E-state index contributed by atoms with van der Waals surface area (Å²) < 4.78 is 16.4. The number of imidazole rings is 1. The molecule has 0 saturated carbocycles. The van der Waals surface area contributed by atoms with Crippen LogP contribution < -0.4 is 4.40 Å². The summed E-state index contributed by atoms with van der Waals surface area (Å²) in [5.41, 5.74) is 11.7. The number of aryl methyl sites for hydroxylation is 1. The van der Waals surface area contributed by atoms with E-state index in [2.05, 4.69) is 113 Å². The van der Waals surface area contributed by atoms with Gasteiger partial charge in [-0.1, -0.05) is 78.5 Å². The fraction of sp³-hybridized carbons (Fsp3) is 0.0784. The van der Waals surface area contributed by atoms with Gasteiger partial charge in [-0.15, -0.1) is 17.7 Å². The van der Waals surface area contributed by atoms with Crippen molar-refractivity contribution in [3.8, 4) is 39.6 Å². The van der Waals surface area contributed by atoms with Crippen molar-refractivity contribution in [2.45, 2.75) is 24.2 Å². The quantitative estimate of drug-likeness (QED) is 0.127. The van der Waals surface area contributed by atoms with Crippen molar-refractivity contribution in [1.29, 1.82) is 0 Å². The van der Waals surface area contributed by atoms with Gasteiger partial charge in [0.15, 0.2) is 0 Å². The Morgan fingerprint density at radius 2 is 1.39 bits per heavy atom. The Kier molecular flexibility index (Phi) is 10.1. The maximum Gasteiger partial charge on any atom is 0 e. The molecular weight excluding hydrogens is 965 g/mol. The molecule has 0 fully saturated rings. The van der Waals surface area contributed by atoms with Crippen molar-refractivity contribution in [1.82, 2.24) is 19.5 Å². The molecule has 0 bridgehead atoms. The zero-order valence-corrected chi connectivity index (χ0v) is 37.4. The van der Waals surface area contributed by atoms with Crippen LogP contribution in [0.25, 0.3) is 94.6 Å². The number of nitrogens with zero attached hydrogens (tertiary/aromatic N) is 4. The Morgan fingerprint density at radius 1 is 0.644 bits per heavy atom. The largest absolute Gasteiger partial charge is 0 e. The van der Waals surface area contributed by atoms with Gasteiger partial charge in [-0.2, -0.15) is 0 Å². The van der Waals surface area contributed by atoms with Gasteiger partial charge in [0.1, 0.15) is 11.2 Å². The molecule has 289 valence electrons. The molecule has 0 unspecified atom stereocenters. The number of hydrogen-bond acceptors (Lipinski definition) is 5. The van der Waals surface area contributed by atoms with Crippen molar-refractivity contribution in [2.24, 2.45) is 0 Å². The first kappa shape index (κ1) is 38.4. The van der Waals surface area contributed by atoms with Crippen LogP contribution in [0.15, 0.2) is 167 Å². The molecule has 5 heterocycles. The molecule has 0 saturated heterocycles. The monoisotopic (exact) mass is 1010 g/mol. The van der Waals surface area contributed by atoms with Crippen LogP contribution >= 0.6 is 0 Å². The topological polar surface area (TPSA) is 69.9 Å². The van der Waals surface area contributed by atoms with E-state index in [4.69, 9.17) is 18.8 Å². The molecule has 0 spiro atoms. The van der Waals surface area contributed by atoms with Gasteiger partial charge in [0.25, 0.3) is 0 Å². The summed E-state index contributed by atoms with van der Waals surface area (Å²) in [5, 5.41) is 4.19. The SMILES string of the molecule is Cc1c[c-]c(-c2nc3ccccc3n2-c2ccc3c(c2)oc2ccccc23)c2oc3nc(-c4ccccc4)ccc3c12.[CH3][Ge]([CH3])([CH3])[c]1ccc(-c2[c-]cccc2)nc1.[Ir]. The van der Waals surface area contributed by atoms with Gasteiger partial charge in [-0.25, -0.2) is 4.98 Å². The number of benzene rings is 6. The van der Waals surface area contributed by atoms with Crippen molar-refractivity contribution in [3.63, 3.8) is 0 Å². The normalized spacial score (nSPS) is 11.6. The Balaban J connectivity index is 0.000000224. The summed E-state index contributed by atoms with van der Waals surface area (Å²) in [6.45, 7) is 2.08. The number of furan rings is 2. The first-order valence-corrected chi connectivity index (χ1v) is 26.8. The molecule has 1 radical (unpaired) electrons. The summed E-state index contributed by atoms with van der Waals surface area (Å²) in [5.74, 6) is 7.89. The van der Waals surface area contributed by atoms with E-state index in [-0.39, 0.29) is 20.1 Å². The second kappa shape index (κ2) is 15.6. The molecule has 5 aromatic heterocycles. The van der Waals surface area contributed by atoms with Crippen LogP contribution in [0.4, 0.5) is 0 Å². The third-order valence-electron chi connectivity index (χ3n) is 10.7. The second-order valence-electron chi connectivity index (χ2n) is 15.6. The molecular formula is C51H38GeIrN4O2-2. The standard InChI is InChI=1S/C37H22N3O2.C14H16GeN.Ir/c1-22-15-17-28(35-34(22)27-19-20-29(39-37(27)42-35)23-9-3-2-4-10-23)36-38-30-12-6-7-13-31(30)40(36)24-16-18-26-25-11-5-8-14-32(25)41-33(26)21-24;1-15(2,3)13-9-10-14(16-11-13)12-7-5-4-6-8-12;/h2-16,18-21H,1H3;4-7,9-11H,1-3H3;/q2*-1;. The van der Waals surface area contributed by atoms with Gasteiger partial charge >= 0.3 is 99.8 Å². The number of aromatic nitrogens is 4. The summed E-state index contributed by atoms with van der Waals surface area (Å²) in [7, 11) is 0. The molecule has 0 amide bonds. The molecule has 8 heteroatoms. The van der Waals surface area contributed by atoms with Gasteiger partial charge in [0.05, 0.1) is 28.1 Å². The van der Waals surface area contributed by atoms with Crippen molar-refractivity contribution >= 4 is 72.7 Å². The van der Waals surface area contributed by atoms with E-state index in [0.717, 1.165) is 94.5 Å². The third kappa shape index (κ3) is 7.10. The first-order valence-electron chi connectivity index (χ1n) is 19.4. The molecule has 0 N–H and O–H groups in total. The fourth-order valence-electron chi connectivity index (χ4n) is 7.66. The zero-order valence-electron chi connectivity index (χ0n) is 32.9. The molecule has 6 nitrogen and oxygen atoms in total. The summed E-state index contributed by atoms with van der Waals surface area (Å²) in [6, 6.07) is 58.0. The van der Waals surface area contributed by atoms with Crippen LogP contribution in [-0.4, -0.2) is 32.8 Å². The molecule has 0 aliphatic heterocycles. The van der Waals surface area contributed by atoms with E-state index in [1.165, 1.54) is 4.40 Å². The predicted octanol–water partition coefficient (Wildman–Crippen LogP) is 12.8.